The second-order valence-electron chi connectivity index (χ2n) is 8.70. The number of aryl methyl sites for hydroxylation is 2. The number of aromatic amines is 1. The Morgan fingerprint density at radius 3 is 2.66 bits per heavy atom. The molecule has 5 rings (SSSR count). The molecule has 1 aliphatic heterocycles. The highest BCUT2D eigenvalue weighted by molar-refractivity contribution is 8.01. The molecule has 1 aliphatic rings. The average molecular weight is 471 g/mol. The van der Waals surface area contributed by atoms with Crippen LogP contribution in [-0.2, 0) is 13.6 Å². The zero-order valence-electron chi connectivity index (χ0n) is 18.4. The van der Waals surface area contributed by atoms with Crippen LogP contribution in [0.5, 0.6) is 0 Å². The molecule has 10 heteroatoms. The molecular formula is C22H26N6O2S2. The van der Waals surface area contributed by atoms with Crippen molar-refractivity contribution < 1.29 is 0 Å². The van der Waals surface area contributed by atoms with Gasteiger partial charge < -0.3 is 9.47 Å². The van der Waals surface area contributed by atoms with Crippen LogP contribution in [0.4, 0.5) is 5.95 Å². The van der Waals surface area contributed by atoms with Gasteiger partial charge in [-0.2, -0.15) is 4.98 Å². The lowest BCUT2D eigenvalue weighted by Crippen LogP contribution is -2.40. The molecule has 0 unspecified atom stereocenters. The van der Waals surface area contributed by atoms with Crippen LogP contribution in [0.1, 0.15) is 20.3 Å². The number of para-hydroxylation sites is 1. The smallest absolute Gasteiger partial charge is 0.329 e. The fraction of sp³-hybridized carbons (Fsp3) is 0.455. The summed E-state index contributed by atoms with van der Waals surface area (Å²) in [4.78, 5) is 39.2. The van der Waals surface area contributed by atoms with Gasteiger partial charge in [0.25, 0.3) is 5.56 Å². The normalized spacial score (nSPS) is 19.3. The summed E-state index contributed by atoms with van der Waals surface area (Å²) in [6.45, 7) is 6.89. The predicted molar refractivity (Wildman–Crippen MR) is 131 cm³/mol. The van der Waals surface area contributed by atoms with Crippen LogP contribution in [0, 0.1) is 11.8 Å². The van der Waals surface area contributed by atoms with E-state index in [1.165, 1.54) is 15.7 Å². The lowest BCUT2D eigenvalue weighted by Gasteiger charge is -2.35. The number of nitrogens with zero attached hydrogens (tertiary/aromatic N) is 5. The third-order valence-electron chi connectivity index (χ3n) is 5.95. The second-order valence-corrected chi connectivity index (χ2v) is 11.1. The van der Waals surface area contributed by atoms with Crippen LogP contribution in [0.25, 0.3) is 21.4 Å². The molecule has 0 radical (unpaired) electrons. The van der Waals surface area contributed by atoms with E-state index < -0.39 is 5.69 Å². The molecule has 1 fully saturated rings. The summed E-state index contributed by atoms with van der Waals surface area (Å²) in [7, 11) is 1.65. The van der Waals surface area contributed by atoms with Crippen molar-refractivity contribution in [3.8, 4) is 0 Å². The van der Waals surface area contributed by atoms with Gasteiger partial charge in [-0.25, -0.2) is 9.78 Å². The van der Waals surface area contributed by atoms with E-state index in [2.05, 4.69) is 29.8 Å². The van der Waals surface area contributed by atoms with Gasteiger partial charge in [0, 0.05) is 32.4 Å². The van der Waals surface area contributed by atoms with Crippen molar-refractivity contribution in [2.45, 2.75) is 31.2 Å². The van der Waals surface area contributed by atoms with Gasteiger partial charge in [-0.3, -0.25) is 14.3 Å². The number of H-pyrrole nitrogens is 1. The Morgan fingerprint density at radius 2 is 1.91 bits per heavy atom. The molecule has 1 aromatic carbocycles. The highest BCUT2D eigenvalue weighted by atomic mass is 32.2. The number of hydrogen-bond acceptors (Lipinski definition) is 7. The maximum Gasteiger partial charge on any atom is 0.329 e. The number of fused-ring (bicyclic) bond motifs is 2. The average Bonchev–Trinajstić information content (AvgIpc) is 3.33. The van der Waals surface area contributed by atoms with Crippen molar-refractivity contribution in [2.24, 2.45) is 18.9 Å². The van der Waals surface area contributed by atoms with Gasteiger partial charge in [-0.15, -0.1) is 11.3 Å². The first-order chi connectivity index (χ1) is 15.4. The third-order valence-corrected chi connectivity index (χ3v) is 8.11. The number of piperidine rings is 1. The Balaban J connectivity index is 1.50. The van der Waals surface area contributed by atoms with E-state index in [9.17, 15) is 9.59 Å². The molecule has 0 bridgehead atoms. The standard InChI is InChI=1S/C22H26N6O2S2/c1-13-10-14(2)12-27(11-13)20-24-18-17(19(29)25-21(30)26(18)3)28(20)8-9-31-22-23-15-6-4-5-7-16(15)32-22/h4-7,13-14H,8-12H2,1-3H3,(H,25,29,30)/t13-,14+. The Labute approximate surface area is 193 Å². The lowest BCUT2D eigenvalue weighted by molar-refractivity contribution is 0.352. The maximum absolute atomic E-state index is 12.8. The van der Waals surface area contributed by atoms with Crippen LogP contribution in [0.3, 0.4) is 0 Å². The zero-order chi connectivity index (χ0) is 22.4. The fourth-order valence-corrected chi connectivity index (χ4v) is 6.70. The number of thioether (sulfide) groups is 1. The molecular weight excluding hydrogens is 444 g/mol. The number of imidazole rings is 1. The van der Waals surface area contributed by atoms with E-state index in [4.69, 9.17) is 9.97 Å². The predicted octanol–water partition coefficient (Wildman–Crippen LogP) is 3.31. The molecule has 3 aromatic heterocycles. The van der Waals surface area contributed by atoms with Crippen LogP contribution in [0.15, 0.2) is 38.2 Å². The van der Waals surface area contributed by atoms with Crippen molar-refractivity contribution in [3.63, 3.8) is 0 Å². The Morgan fingerprint density at radius 1 is 1.16 bits per heavy atom. The summed E-state index contributed by atoms with van der Waals surface area (Å²) in [6, 6.07) is 8.13. The summed E-state index contributed by atoms with van der Waals surface area (Å²) >= 11 is 3.36. The van der Waals surface area contributed by atoms with Crippen LogP contribution in [0.2, 0.25) is 0 Å². The molecule has 0 amide bonds. The Hall–Kier alpha value is -2.59. The van der Waals surface area contributed by atoms with E-state index in [-0.39, 0.29) is 5.56 Å². The summed E-state index contributed by atoms with van der Waals surface area (Å²) in [5.74, 6) is 2.62. The van der Waals surface area contributed by atoms with Gasteiger partial charge in [0.15, 0.2) is 15.5 Å². The first kappa shape index (κ1) is 21.3. The Kier molecular flexibility index (Phi) is 5.58. The molecule has 4 aromatic rings. The molecule has 8 nitrogen and oxygen atoms in total. The Bertz CT molecular complexity index is 1360. The third kappa shape index (κ3) is 3.86. The zero-order valence-corrected chi connectivity index (χ0v) is 20.0. The summed E-state index contributed by atoms with van der Waals surface area (Å²) < 4.78 is 5.60. The molecule has 4 heterocycles. The maximum atomic E-state index is 12.8. The first-order valence-corrected chi connectivity index (χ1v) is 12.6. The topological polar surface area (TPSA) is 88.8 Å². The molecule has 168 valence electrons. The number of anilines is 1. The number of hydrogen-bond donors (Lipinski definition) is 1. The van der Waals surface area contributed by atoms with Gasteiger partial charge in [0.05, 0.1) is 10.2 Å². The van der Waals surface area contributed by atoms with Gasteiger partial charge in [-0.05, 0) is 30.4 Å². The van der Waals surface area contributed by atoms with Gasteiger partial charge in [0.2, 0.25) is 5.95 Å². The molecule has 0 spiro atoms. The van der Waals surface area contributed by atoms with Gasteiger partial charge >= 0.3 is 5.69 Å². The van der Waals surface area contributed by atoms with Gasteiger partial charge in [0.1, 0.15) is 0 Å². The van der Waals surface area contributed by atoms with Crippen LogP contribution >= 0.6 is 23.1 Å². The minimum Gasteiger partial charge on any atom is -0.342 e. The van der Waals surface area contributed by atoms with E-state index in [1.807, 2.05) is 22.8 Å². The summed E-state index contributed by atoms with van der Waals surface area (Å²) in [6.07, 6.45) is 1.18. The second kappa shape index (κ2) is 8.40. The number of rotatable bonds is 5. The van der Waals surface area contributed by atoms with Crippen molar-refractivity contribution in [1.29, 1.82) is 0 Å². The van der Waals surface area contributed by atoms with Crippen molar-refractivity contribution in [3.05, 3.63) is 45.1 Å². The minimum absolute atomic E-state index is 0.384. The molecule has 0 aliphatic carbocycles. The largest absolute Gasteiger partial charge is 0.342 e. The minimum atomic E-state index is -0.442. The molecule has 1 saturated heterocycles. The van der Waals surface area contributed by atoms with Crippen molar-refractivity contribution in [1.82, 2.24) is 24.1 Å². The van der Waals surface area contributed by atoms with Crippen molar-refractivity contribution in [2.75, 3.05) is 23.7 Å². The highest BCUT2D eigenvalue weighted by Crippen LogP contribution is 2.31. The number of thiazole rings is 1. The molecule has 1 N–H and O–H groups in total. The first-order valence-electron chi connectivity index (χ1n) is 10.8. The van der Waals surface area contributed by atoms with Gasteiger partial charge in [-0.1, -0.05) is 37.7 Å². The lowest BCUT2D eigenvalue weighted by atomic mass is 9.92. The van der Waals surface area contributed by atoms with E-state index in [0.717, 1.165) is 34.6 Å². The highest BCUT2D eigenvalue weighted by Gasteiger charge is 2.27. The molecule has 0 saturated carbocycles. The SMILES string of the molecule is C[C@@H]1C[C@H](C)CN(c2nc3c(c(=O)[nH]c(=O)n3C)n2CCSc2nc3ccccc3s2)C1. The van der Waals surface area contributed by atoms with E-state index in [0.29, 0.717) is 29.5 Å². The van der Waals surface area contributed by atoms with Crippen LogP contribution in [-0.4, -0.2) is 42.9 Å². The summed E-state index contributed by atoms with van der Waals surface area (Å²) in [5, 5.41) is 0. The monoisotopic (exact) mass is 470 g/mol. The summed E-state index contributed by atoms with van der Waals surface area (Å²) in [5.41, 5.74) is 1.08. The van der Waals surface area contributed by atoms with E-state index in [1.54, 1.807) is 30.1 Å². The number of nitrogens with one attached hydrogen (secondary N) is 1. The van der Waals surface area contributed by atoms with Crippen molar-refractivity contribution >= 4 is 50.4 Å². The molecule has 32 heavy (non-hydrogen) atoms. The quantitative estimate of drug-likeness (QED) is 0.450. The number of aromatic nitrogens is 5. The van der Waals surface area contributed by atoms with Crippen LogP contribution < -0.4 is 16.1 Å². The number of benzene rings is 1. The van der Waals surface area contributed by atoms with E-state index >= 15 is 0 Å². The molecule has 2 atom stereocenters. The fourth-order valence-electron chi connectivity index (χ4n) is 4.64.